The van der Waals surface area contributed by atoms with Gasteiger partial charge in [-0.1, -0.05) is 0 Å². The van der Waals surface area contributed by atoms with Gasteiger partial charge in [-0.3, -0.25) is 0 Å². The number of carboxylic acids is 1. The van der Waals surface area contributed by atoms with Gasteiger partial charge < -0.3 is 5.11 Å². The molecule has 0 spiro atoms. The summed E-state index contributed by atoms with van der Waals surface area (Å²) in [5.41, 5.74) is -1.27. The Morgan fingerprint density at radius 2 is 1.89 bits per heavy atom. The molecule has 0 aliphatic rings. The van der Waals surface area contributed by atoms with Crippen molar-refractivity contribution in [3.8, 4) is 0 Å². The van der Waals surface area contributed by atoms with Crippen molar-refractivity contribution in [3.63, 3.8) is 0 Å². The van der Waals surface area contributed by atoms with Gasteiger partial charge in [0.1, 0.15) is 4.60 Å². The summed E-state index contributed by atoms with van der Waals surface area (Å²) in [6, 6.07) is 3.60. The van der Waals surface area contributed by atoms with E-state index >= 15 is 0 Å². The second-order valence-corrected chi connectivity index (χ2v) is 4.12. The molecule has 1 aromatic carbocycles. The van der Waals surface area contributed by atoms with Crippen molar-refractivity contribution in [1.29, 1.82) is 0 Å². The number of carboxylic acid groups (broad SMARTS) is 1. The van der Waals surface area contributed by atoms with Crippen molar-refractivity contribution in [2.45, 2.75) is 6.18 Å². The first-order valence-electron chi connectivity index (χ1n) is 4.57. The number of hydrogen-bond donors (Lipinski definition) is 1. The molecular formula is C10H4BrF3N2O2. The molecule has 4 nitrogen and oxygen atoms in total. The molecule has 2 aromatic rings. The number of alkyl halides is 3. The summed E-state index contributed by atoms with van der Waals surface area (Å²) in [6.07, 6.45) is -4.65. The number of carbonyl (C=O) groups is 1. The number of aromatic nitrogens is 2. The highest BCUT2D eigenvalue weighted by molar-refractivity contribution is 9.10. The summed E-state index contributed by atoms with van der Waals surface area (Å²) >= 11 is 2.69. The Morgan fingerprint density at radius 3 is 2.44 bits per heavy atom. The lowest BCUT2D eigenvalue weighted by atomic mass is 10.2. The average Bonchev–Trinajstić information content (AvgIpc) is 2.25. The quantitative estimate of drug-likeness (QED) is 0.877. The molecule has 0 aliphatic carbocycles. The molecule has 0 saturated heterocycles. The summed E-state index contributed by atoms with van der Waals surface area (Å²) in [4.78, 5) is 17.8. The Balaban J connectivity index is 2.71. The second-order valence-electron chi connectivity index (χ2n) is 3.37. The SMILES string of the molecule is O=C(O)c1ccc2nc(Br)c(C(F)(F)F)nc2c1. The zero-order valence-electron chi connectivity index (χ0n) is 8.49. The second kappa shape index (κ2) is 4.20. The predicted octanol–water partition coefficient (Wildman–Crippen LogP) is 3.11. The van der Waals surface area contributed by atoms with E-state index < -0.39 is 22.4 Å². The number of fused-ring (bicyclic) bond motifs is 1. The first-order chi connectivity index (χ1) is 8.29. The Labute approximate surface area is 107 Å². The number of hydrogen-bond acceptors (Lipinski definition) is 3. The highest BCUT2D eigenvalue weighted by Gasteiger charge is 2.36. The Hall–Kier alpha value is -1.70. The van der Waals surface area contributed by atoms with Crippen LogP contribution in [0.25, 0.3) is 11.0 Å². The van der Waals surface area contributed by atoms with E-state index in [-0.39, 0.29) is 16.6 Å². The normalized spacial score (nSPS) is 11.8. The zero-order chi connectivity index (χ0) is 13.5. The van der Waals surface area contributed by atoms with Gasteiger partial charge in [-0.05, 0) is 34.1 Å². The van der Waals surface area contributed by atoms with Crippen LogP contribution >= 0.6 is 15.9 Å². The zero-order valence-corrected chi connectivity index (χ0v) is 10.1. The average molecular weight is 321 g/mol. The van der Waals surface area contributed by atoms with Crippen LogP contribution in [-0.4, -0.2) is 21.0 Å². The number of rotatable bonds is 1. The van der Waals surface area contributed by atoms with Crippen LogP contribution in [0, 0.1) is 0 Å². The molecule has 1 N–H and O–H groups in total. The van der Waals surface area contributed by atoms with Crippen LogP contribution in [0.2, 0.25) is 0 Å². The maximum atomic E-state index is 12.6. The van der Waals surface area contributed by atoms with E-state index in [1.807, 2.05) is 0 Å². The van der Waals surface area contributed by atoms with Crippen LogP contribution < -0.4 is 0 Å². The third-order valence-corrected chi connectivity index (χ3v) is 2.69. The monoisotopic (exact) mass is 320 g/mol. The molecule has 18 heavy (non-hydrogen) atoms. The van der Waals surface area contributed by atoms with E-state index in [1.54, 1.807) is 0 Å². The summed E-state index contributed by atoms with van der Waals surface area (Å²) in [6.45, 7) is 0. The van der Waals surface area contributed by atoms with E-state index in [9.17, 15) is 18.0 Å². The number of nitrogens with zero attached hydrogens (tertiary/aromatic N) is 2. The molecule has 0 unspecified atom stereocenters. The molecule has 2 rings (SSSR count). The first kappa shape index (κ1) is 12.7. The summed E-state index contributed by atoms with van der Waals surface area (Å²) in [7, 11) is 0. The van der Waals surface area contributed by atoms with E-state index in [4.69, 9.17) is 5.11 Å². The third-order valence-electron chi connectivity index (χ3n) is 2.14. The van der Waals surface area contributed by atoms with Crippen molar-refractivity contribution >= 4 is 32.9 Å². The van der Waals surface area contributed by atoms with Gasteiger partial charge in [0.25, 0.3) is 0 Å². The van der Waals surface area contributed by atoms with Crippen LogP contribution in [-0.2, 0) is 6.18 Å². The molecule has 0 fully saturated rings. The summed E-state index contributed by atoms with van der Waals surface area (Å²) in [5, 5.41) is 8.75. The van der Waals surface area contributed by atoms with E-state index in [2.05, 4.69) is 25.9 Å². The lowest BCUT2D eigenvalue weighted by Gasteiger charge is -2.08. The number of aromatic carboxylic acids is 1. The van der Waals surface area contributed by atoms with Gasteiger partial charge >= 0.3 is 12.1 Å². The topological polar surface area (TPSA) is 63.1 Å². The third kappa shape index (κ3) is 2.28. The molecule has 0 aliphatic heterocycles. The Kier molecular flexibility index (Phi) is 2.97. The fourth-order valence-electron chi connectivity index (χ4n) is 1.35. The summed E-state index contributed by atoms with van der Waals surface area (Å²) < 4.78 is 37.3. The van der Waals surface area contributed by atoms with E-state index in [0.29, 0.717) is 0 Å². The molecule has 1 aromatic heterocycles. The molecule has 0 saturated carbocycles. The van der Waals surface area contributed by atoms with Crippen molar-refractivity contribution in [3.05, 3.63) is 34.1 Å². The highest BCUT2D eigenvalue weighted by Crippen LogP contribution is 2.33. The van der Waals surface area contributed by atoms with Crippen LogP contribution in [0.1, 0.15) is 16.1 Å². The maximum Gasteiger partial charge on any atom is 0.436 e. The van der Waals surface area contributed by atoms with Crippen molar-refractivity contribution in [1.82, 2.24) is 9.97 Å². The molecule has 94 valence electrons. The van der Waals surface area contributed by atoms with E-state index in [0.717, 1.165) is 6.07 Å². The number of halogens is 4. The van der Waals surface area contributed by atoms with Crippen molar-refractivity contribution in [2.75, 3.05) is 0 Å². The molecular weight excluding hydrogens is 317 g/mol. The van der Waals surface area contributed by atoms with Gasteiger partial charge in [-0.15, -0.1) is 0 Å². The predicted molar refractivity (Wildman–Crippen MR) is 59.2 cm³/mol. The summed E-state index contributed by atoms with van der Waals surface area (Å²) in [5.74, 6) is -1.24. The smallest absolute Gasteiger partial charge is 0.436 e. The van der Waals surface area contributed by atoms with Gasteiger partial charge in [0, 0.05) is 0 Å². The minimum atomic E-state index is -4.65. The minimum Gasteiger partial charge on any atom is -0.478 e. The van der Waals surface area contributed by atoms with Gasteiger partial charge in [0.2, 0.25) is 0 Å². The van der Waals surface area contributed by atoms with Gasteiger partial charge in [0.05, 0.1) is 16.6 Å². The van der Waals surface area contributed by atoms with Crippen LogP contribution in [0.4, 0.5) is 13.2 Å². The first-order valence-corrected chi connectivity index (χ1v) is 5.36. The lowest BCUT2D eigenvalue weighted by molar-refractivity contribution is -0.141. The maximum absolute atomic E-state index is 12.6. The molecule has 0 bridgehead atoms. The molecule has 0 atom stereocenters. The Bertz CT molecular complexity index is 643. The molecule has 0 radical (unpaired) electrons. The molecule has 1 heterocycles. The van der Waals surface area contributed by atoms with E-state index in [1.165, 1.54) is 12.1 Å². The van der Waals surface area contributed by atoms with Crippen molar-refractivity contribution in [2.24, 2.45) is 0 Å². The largest absolute Gasteiger partial charge is 0.478 e. The fourth-order valence-corrected chi connectivity index (χ4v) is 1.85. The van der Waals surface area contributed by atoms with Crippen LogP contribution in [0.15, 0.2) is 22.8 Å². The standard InChI is InChI=1S/C10H4BrF3N2O2/c11-8-7(10(12,13)14)15-6-3-4(9(17)18)1-2-5(6)16-8/h1-3H,(H,17,18). The van der Waals surface area contributed by atoms with Gasteiger partial charge in [-0.2, -0.15) is 13.2 Å². The minimum absolute atomic E-state index is 0.120. The Morgan fingerprint density at radius 1 is 1.22 bits per heavy atom. The lowest BCUT2D eigenvalue weighted by Crippen LogP contribution is -2.10. The number of benzene rings is 1. The highest BCUT2D eigenvalue weighted by atomic mass is 79.9. The molecule has 0 amide bonds. The molecule has 8 heteroatoms. The van der Waals surface area contributed by atoms with Gasteiger partial charge in [0.15, 0.2) is 5.69 Å². The fraction of sp³-hybridized carbons (Fsp3) is 0.100. The van der Waals surface area contributed by atoms with Crippen LogP contribution in [0.5, 0.6) is 0 Å². The van der Waals surface area contributed by atoms with Gasteiger partial charge in [-0.25, -0.2) is 14.8 Å². The van der Waals surface area contributed by atoms with Crippen molar-refractivity contribution < 1.29 is 23.1 Å². The van der Waals surface area contributed by atoms with Crippen LogP contribution in [0.3, 0.4) is 0 Å².